The molecule has 0 bridgehead atoms. The third-order valence-electron chi connectivity index (χ3n) is 2.68. The number of hydrogen-bond acceptors (Lipinski definition) is 3. The van der Waals surface area contributed by atoms with E-state index in [1.54, 1.807) is 0 Å². The number of benzene rings is 1. The van der Waals surface area contributed by atoms with Gasteiger partial charge in [0.15, 0.2) is 5.84 Å². The molecule has 94 valence electrons. The Hall–Kier alpha value is -1.07. The molecule has 4 N–H and O–H groups in total. The second kappa shape index (κ2) is 6.61. The van der Waals surface area contributed by atoms with Crippen LogP contribution in [-0.4, -0.2) is 17.1 Å². The molecule has 4 nitrogen and oxygen atoms in total. The normalized spacial score (nSPS) is 15.6. The van der Waals surface area contributed by atoms with Crippen molar-refractivity contribution in [2.45, 2.75) is 32.4 Å². The topological polar surface area (TPSA) is 70.6 Å². The van der Waals surface area contributed by atoms with Gasteiger partial charge in [-0.15, -0.1) is 0 Å². The SMILES string of the molecule is CCC(N[C@H](C)c1cccc(Br)c1)/C(N)=N/O. The summed E-state index contributed by atoms with van der Waals surface area (Å²) in [4.78, 5) is 0. The fourth-order valence-corrected chi connectivity index (χ4v) is 2.07. The first-order valence-corrected chi connectivity index (χ1v) is 6.36. The lowest BCUT2D eigenvalue weighted by atomic mass is 10.1. The molecule has 1 aromatic rings. The first-order chi connectivity index (χ1) is 8.08. The second-order valence-corrected chi connectivity index (χ2v) is 4.84. The Bertz CT molecular complexity index is 395. The van der Waals surface area contributed by atoms with Gasteiger partial charge in [0.1, 0.15) is 0 Å². The third-order valence-corrected chi connectivity index (χ3v) is 3.17. The average molecular weight is 300 g/mol. The summed E-state index contributed by atoms with van der Waals surface area (Å²) < 4.78 is 1.04. The summed E-state index contributed by atoms with van der Waals surface area (Å²) in [6, 6.07) is 8.09. The Kier molecular flexibility index (Phi) is 5.44. The lowest BCUT2D eigenvalue weighted by Crippen LogP contribution is -2.42. The van der Waals surface area contributed by atoms with Crippen molar-refractivity contribution in [3.63, 3.8) is 0 Å². The van der Waals surface area contributed by atoms with Gasteiger partial charge in [0.25, 0.3) is 0 Å². The molecule has 0 aromatic heterocycles. The number of rotatable bonds is 5. The maximum absolute atomic E-state index is 8.68. The molecule has 5 heteroatoms. The van der Waals surface area contributed by atoms with Gasteiger partial charge in [-0.1, -0.05) is 40.1 Å². The van der Waals surface area contributed by atoms with Crippen LogP contribution in [0.5, 0.6) is 0 Å². The standard InChI is InChI=1S/C12H18BrN3O/c1-3-11(12(14)16-17)15-8(2)9-5-4-6-10(13)7-9/h4-8,11,15,17H,3H2,1-2H3,(H2,14,16)/t8-,11?/m1/s1. The van der Waals surface area contributed by atoms with E-state index in [9.17, 15) is 0 Å². The van der Waals surface area contributed by atoms with E-state index in [1.807, 2.05) is 25.1 Å². The molecule has 0 saturated carbocycles. The highest BCUT2D eigenvalue weighted by Crippen LogP contribution is 2.18. The van der Waals surface area contributed by atoms with Crippen molar-refractivity contribution in [2.75, 3.05) is 0 Å². The van der Waals surface area contributed by atoms with Crippen molar-refractivity contribution in [3.05, 3.63) is 34.3 Å². The van der Waals surface area contributed by atoms with Gasteiger partial charge in [-0.05, 0) is 31.0 Å². The molecule has 0 aliphatic heterocycles. The molecule has 0 heterocycles. The molecule has 0 aliphatic rings. The summed E-state index contributed by atoms with van der Waals surface area (Å²) in [6.45, 7) is 4.04. The van der Waals surface area contributed by atoms with Crippen LogP contribution in [0.3, 0.4) is 0 Å². The minimum atomic E-state index is -0.117. The molecular weight excluding hydrogens is 282 g/mol. The monoisotopic (exact) mass is 299 g/mol. The maximum atomic E-state index is 8.68. The molecule has 1 aromatic carbocycles. The third kappa shape index (κ3) is 4.02. The highest BCUT2D eigenvalue weighted by atomic mass is 79.9. The van der Waals surface area contributed by atoms with Crippen LogP contribution >= 0.6 is 15.9 Å². The molecule has 0 radical (unpaired) electrons. The molecule has 17 heavy (non-hydrogen) atoms. The Morgan fingerprint density at radius 1 is 1.59 bits per heavy atom. The van der Waals surface area contributed by atoms with Gasteiger partial charge in [-0.2, -0.15) is 0 Å². The predicted molar refractivity (Wildman–Crippen MR) is 73.2 cm³/mol. The van der Waals surface area contributed by atoms with E-state index in [1.165, 1.54) is 0 Å². The summed E-state index contributed by atoms with van der Waals surface area (Å²) >= 11 is 3.44. The van der Waals surface area contributed by atoms with Gasteiger partial charge in [0.05, 0.1) is 6.04 Å². The zero-order valence-electron chi connectivity index (χ0n) is 10.0. The molecule has 1 rings (SSSR count). The molecule has 0 amide bonds. The molecule has 0 fully saturated rings. The average Bonchev–Trinajstić information content (AvgIpc) is 2.34. The molecule has 0 saturated heterocycles. The first kappa shape index (κ1) is 14.0. The van der Waals surface area contributed by atoms with Crippen LogP contribution in [0, 0.1) is 0 Å². The quantitative estimate of drug-likeness (QED) is 0.339. The van der Waals surface area contributed by atoms with E-state index in [2.05, 4.69) is 39.4 Å². The van der Waals surface area contributed by atoms with Gasteiger partial charge in [0, 0.05) is 10.5 Å². The van der Waals surface area contributed by atoms with Crippen LogP contribution < -0.4 is 11.1 Å². The number of amidine groups is 1. The Morgan fingerprint density at radius 3 is 2.82 bits per heavy atom. The maximum Gasteiger partial charge on any atom is 0.156 e. The first-order valence-electron chi connectivity index (χ1n) is 5.57. The van der Waals surface area contributed by atoms with Crippen LogP contribution in [0.25, 0.3) is 0 Å². The van der Waals surface area contributed by atoms with Crippen LogP contribution in [0.2, 0.25) is 0 Å². The van der Waals surface area contributed by atoms with Crippen molar-refractivity contribution in [1.29, 1.82) is 0 Å². The van der Waals surface area contributed by atoms with Gasteiger partial charge in [0.2, 0.25) is 0 Å². The highest BCUT2D eigenvalue weighted by molar-refractivity contribution is 9.10. The number of hydrogen-bond donors (Lipinski definition) is 3. The lowest BCUT2D eigenvalue weighted by molar-refractivity contribution is 0.313. The van der Waals surface area contributed by atoms with E-state index in [0.717, 1.165) is 16.5 Å². The summed E-state index contributed by atoms with van der Waals surface area (Å²) in [6.07, 6.45) is 0.772. The fraction of sp³-hybridized carbons (Fsp3) is 0.417. The summed E-state index contributed by atoms with van der Waals surface area (Å²) in [7, 11) is 0. The Labute approximate surface area is 110 Å². The van der Waals surface area contributed by atoms with Crippen LogP contribution in [0.15, 0.2) is 33.9 Å². The van der Waals surface area contributed by atoms with Crippen LogP contribution in [-0.2, 0) is 0 Å². The van der Waals surface area contributed by atoms with Gasteiger partial charge >= 0.3 is 0 Å². The minimum absolute atomic E-state index is 0.117. The highest BCUT2D eigenvalue weighted by Gasteiger charge is 2.15. The number of nitrogens with one attached hydrogen (secondary N) is 1. The molecular formula is C12H18BrN3O. The van der Waals surface area contributed by atoms with E-state index in [-0.39, 0.29) is 17.9 Å². The summed E-state index contributed by atoms with van der Waals surface area (Å²) in [5.41, 5.74) is 6.77. The van der Waals surface area contributed by atoms with Crippen molar-refractivity contribution in [3.8, 4) is 0 Å². The lowest BCUT2D eigenvalue weighted by Gasteiger charge is -2.21. The molecule has 1 unspecified atom stereocenters. The van der Waals surface area contributed by atoms with E-state index in [0.29, 0.717) is 0 Å². The number of halogens is 1. The fourth-order valence-electron chi connectivity index (χ4n) is 1.66. The van der Waals surface area contributed by atoms with E-state index in [4.69, 9.17) is 10.9 Å². The van der Waals surface area contributed by atoms with Gasteiger partial charge < -0.3 is 16.3 Å². The summed E-state index contributed by atoms with van der Waals surface area (Å²) in [5, 5.41) is 15.1. The largest absolute Gasteiger partial charge is 0.409 e. The van der Waals surface area contributed by atoms with Gasteiger partial charge in [-0.25, -0.2) is 0 Å². The Morgan fingerprint density at radius 2 is 2.29 bits per heavy atom. The van der Waals surface area contributed by atoms with E-state index >= 15 is 0 Å². The molecule has 0 aliphatic carbocycles. The predicted octanol–water partition coefficient (Wildman–Crippen LogP) is 2.62. The zero-order valence-corrected chi connectivity index (χ0v) is 11.6. The number of nitrogens with two attached hydrogens (primary N) is 1. The number of nitrogens with zero attached hydrogens (tertiary/aromatic N) is 1. The molecule has 2 atom stereocenters. The summed E-state index contributed by atoms with van der Waals surface area (Å²) in [5.74, 6) is 0.217. The van der Waals surface area contributed by atoms with Crippen molar-refractivity contribution in [1.82, 2.24) is 5.32 Å². The number of oxime groups is 1. The van der Waals surface area contributed by atoms with Crippen molar-refractivity contribution in [2.24, 2.45) is 10.9 Å². The molecule has 0 spiro atoms. The van der Waals surface area contributed by atoms with Gasteiger partial charge in [-0.3, -0.25) is 0 Å². The zero-order chi connectivity index (χ0) is 12.8. The van der Waals surface area contributed by atoms with Crippen molar-refractivity contribution >= 4 is 21.8 Å². The second-order valence-electron chi connectivity index (χ2n) is 3.93. The van der Waals surface area contributed by atoms with Crippen molar-refractivity contribution < 1.29 is 5.21 Å². The van der Waals surface area contributed by atoms with E-state index < -0.39 is 0 Å². The van der Waals surface area contributed by atoms with Crippen LogP contribution in [0.4, 0.5) is 0 Å². The smallest absolute Gasteiger partial charge is 0.156 e. The minimum Gasteiger partial charge on any atom is -0.409 e. The Balaban J connectivity index is 2.74. The van der Waals surface area contributed by atoms with Crippen LogP contribution in [0.1, 0.15) is 31.9 Å².